The lowest BCUT2D eigenvalue weighted by Crippen LogP contribution is -2.61. The summed E-state index contributed by atoms with van der Waals surface area (Å²) in [5.74, 6) is -3.85. The van der Waals surface area contributed by atoms with Crippen molar-refractivity contribution in [3.05, 3.63) is 124 Å². The maximum Gasteiger partial charge on any atom is 0.331 e. The maximum atomic E-state index is 13.9. The molecule has 2 heterocycles. The van der Waals surface area contributed by atoms with Crippen LogP contribution in [0.3, 0.4) is 0 Å². The van der Waals surface area contributed by atoms with Gasteiger partial charge in [0.1, 0.15) is 52.8 Å². The Balaban J connectivity index is 1.32. The van der Waals surface area contributed by atoms with E-state index in [2.05, 4.69) is 0 Å². The van der Waals surface area contributed by atoms with E-state index in [1.165, 1.54) is 48.6 Å². The molecule has 0 saturated carbocycles. The van der Waals surface area contributed by atoms with E-state index in [4.69, 9.17) is 23.4 Å². The van der Waals surface area contributed by atoms with Crippen molar-refractivity contribution >= 4 is 35.1 Å². The van der Waals surface area contributed by atoms with Crippen LogP contribution in [0.5, 0.6) is 28.7 Å². The average Bonchev–Trinajstić information content (AvgIpc) is 3.14. The number of ether oxygens (including phenoxy) is 4. The quantitative estimate of drug-likeness (QED) is 0.0886. The van der Waals surface area contributed by atoms with Crippen LogP contribution in [-0.2, 0) is 23.8 Å². The number of fused-ring (bicyclic) bond motifs is 1. The molecule has 1 aliphatic rings. The van der Waals surface area contributed by atoms with Gasteiger partial charge in [-0.25, -0.2) is 9.59 Å². The van der Waals surface area contributed by atoms with Crippen molar-refractivity contribution in [1.29, 1.82) is 0 Å². The van der Waals surface area contributed by atoms with E-state index in [1.807, 2.05) is 0 Å². The van der Waals surface area contributed by atoms with Crippen LogP contribution in [0.4, 0.5) is 0 Å². The van der Waals surface area contributed by atoms with E-state index < -0.39 is 77.3 Å². The van der Waals surface area contributed by atoms with Gasteiger partial charge in [-0.1, -0.05) is 42.5 Å². The summed E-state index contributed by atoms with van der Waals surface area (Å²) < 4.78 is 28.4. The zero-order valence-electron chi connectivity index (χ0n) is 27.5. The first kappa shape index (κ1) is 36.2. The summed E-state index contributed by atoms with van der Waals surface area (Å²) in [6.07, 6.45) is -3.87. The van der Waals surface area contributed by atoms with Crippen LogP contribution in [0.15, 0.2) is 112 Å². The van der Waals surface area contributed by atoms with Gasteiger partial charge in [0.05, 0.1) is 0 Å². The van der Waals surface area contributed by atoms with Crippen molar-refractivity contribution in [3.8, 4) is 40.1 Å². The molecule has 1 aliphatic heterocycles. The lowest BCUT2D eigenvalue weighted by atomic mass is 9.98. The van der Waals surface area contributed by atoms with E-state index in [-0.39, 0.29) is 28.4 Å². The zero-order chi connectivity index (χ0) is 37.6. The molecule has 53 heavy (non-hydrogen) atoms. The topological polar surface area (TPSA) is 223 Å². The highest BCUT2D eigenvalue weighted by molar-refractivity contribution is 5.89. The van der Waals surface area contributed by atoms with Crippen molar-refractivity contribution in [2.45, 2.75) is 30.7 Å². The van der Waals surface area contributed by atoms with Crippen LogP contribution in [0.1, 0.15) is 11.1 Å². The van der Waals surface area contributed by atoms with Crippen LogP contribution in [-0.4, -0.2) is 79.9 Å². The summed E-state index contributed by atoms with van der Waals surface area (Å²) in [5.41, 5.74) is 0.219. The Morgan fingerprint density at radius 1 is 0.736 bits per heavy atom. The monoisotopic (exact) mass is 724 g/mol. The molecule has 1 fully saturated rings. The number of phenolic OH excluding ortho intramolecular Hbond substituents is 4. The first-order valence-corrected chi connectivity index (χ1v) is 16.0. The van der Waals surface area contributed by atoms with E-state index in [0.717, 1.165) is 24.3 Å². The van der Waals surface area contributed by atoms with Crippen LogP contribution < -0.4 is 10.2 Å². The number of aliphatic hydroxyl groups is 2. The van der Waals surface area contributed by atoms with Gasteiger partial charge in [0.25, 0.3) is 0 Å². The molecule has 272 valence electrons. The third-order valence-electron chi connectivity index (χ3n) is 8.08. The SMILES string of the molecule is O=C(/C=C/c1ccc(O)cc1)OCC1O[C@@H](Oc2c(-c3ccc(O)cc3)oc3cc(O)cc(O)c3c2=O)C(O)C(OC(=O)/C=C/c2ccccc2)[C@@H]1O. The minimum atomic E-state index is -1.96. The van der Waals surface area contributed by atoms with Gasteiger partial charge in [-0.3, -0.25) is 4.79 Å². The Labute approximate surface area is 300 Å². The van der Waals surface area contributed by atoms with Crippen molar-refractivity contribution in [3.63, 3.8) is 0 Å². The normalized spacial score (nSPS) is 20.1. The first-order valence-electron chi connectivity index (χ1n) is 16.0. The second-order valence-electron chi connectivity index (χ2n) is 11.8. The third kappa shape index (κ3) is 8.48. The van der Waals surface area contributed by atoms with Gasteiger partial charge < -0.3 is 54.0 Å². The number of phenols is 4. The van der Waals surface area contributed by atoms with Crippen molar-refractivity contribution in [2.24, 2.45) is 0 Å². The van der Waals surface area contributed by atoms with Gasteiger partial charge in [0.15, 0.2) is 18.0 Å². The highest BCUT2D eigenvalue weighted by Crippen LogP contribution is 2.37. The zero-order valence-corrected chi connectivity index (χ0v) is 27.5. The number of aliphatic hydroxyl groups excluding tert-OH is 2. The summed E-state index contributed by atoms with van der Waals surface area (Å²) in [6.45, 7) is -0.641. The van der Waals surface area contributed by atoms with Gasteiger partial charge >= 0.3 is 11.9 Å². The maximum absolute atomic E-state index is 13.9. The molecular weight excluding hydrogens is 692 g/mol. The summed E-state index contributed by atoms with van der Waals surface area (Å²) in [4.78, 5) is 39.4. The number of esters is 2. The molecule has 0 spiro atoms. The molecule has 5 atom stereocenters. The first-order chi connectivity index (χ1) is 25.5. The molecule has 5 aromatic rings. The van der Waals surface area contributed by atoms with Crippen molar-refractivity contribution in [2.75, 3.05) is 6.61 Å². The molecule has 4 aromatic carbocycles. The summed E-state index contributed by atoms with van der Waals surface area (Å²) >= 11 is 0. The minimum absolute atomic E-state index is 0.0330. The van der Waals surface area contributed by atoms with Crippen molar-refractivity contribution < 1.29 is 63.6 Å². The Morgan fingerprint density at radius 3 is 2.04 bits per heavy atom. The lowest BCUT2D eigenvalue weighted by Gasteiger charge is -2.41. The minimum Gasteiger partial charge on any atom is -0.508 e. The van der Waals surface area contributed by atoms with Crippen LogP contribution in [0.25, 0.3) is 34.4 Å². The largest absolute Gasteiger partial charge is 0.508 e. The molecule has 6 N–H and O–H groups in total. The number of carbonyl (C=O) groups excluding carboxylic acids is 2. The van der Waals surface area contributed by atoms with Crippen LogP contribution >= 0.6 is 0 Å². The van der Waals surface area contributed by atoms with E-state index in [9.17, 15) is 45.0 Å². The molecule has 0 bridgehead atoms. The summed E-state index contributed by atoms with van der Waals surface area (Å²) in [7, 11) is 0. The molecule has 0 aliphatic carbocycles. The molecule has 0 radical (unpaired) electrons. The van der Waals surface area contributed by atoms with Crippen molar-refractivity contribution in [1.82, 2.24) is 0 Å². The highest BCUT2D eigenvalue weighted by Gasteiger charge is 2.49. The Morgan fingerprint density at radius 2 is 1.36 bits per heavy atom. The third-order valence-corrected chi connectivity index (χ3v) is 8.08. The fourth-order valence-corrected chi connectivity index (χ4v) is 5.43. The lowest BCUT2D eigenvalue weighted by molar-refractivity contribution is -0.281. The molecular formula is C39H32O14. The predicted molar refractivity (Wildman–Crippen MR) is 188 cm³/mol. The average molecular weight is 725 g/mol. The van der Waals surface area contributed by atoms with Crippen LogP contribution in [0.2, 0.25) is 0 Å². The van der Waals surface area contributed by atoms with E-state index in [1.54, 1.807) is 42.5 Å². The molecule has 14 nitrogen and oxygen atoms in total. The molecule has 1 aromatic heterocycles. The second-order valence-corrected chi connectivity index (χ2v) is 11.8. The second kappa shape index (κ2) is 15.7. The van der Waals surface area contributed by atoms with Gasteiger partial charge in [0.2, 0.25) is 17.5 Å². The molecule has 0 amide bonds. The van der Waals surface area contributed by atoms with E-state index in [0.29, 0.717) is 11.1 Å². The Hall–Kier alpha value is -6.61. The van der Waals surface area contributed by atoms with Gasteiger partial charge in [0, 0.05) is 29.8 Å². The Bertz CT molecular complexity index is 2210. The van der Waals surface area contributed by atoms with Gasteiger partial charge in [-0.15, -0.1) is 0 Å². The standard InChI is InChI=1S/C39H32O14/c40-24-12-6-22(7-13-24)8-16-30(44)49-20-29-33(46)37(52-31(45)17-9-21-4-2-1-3-5-21)35(48)39(51-29)53-38-34(47)32-27(43)18-26(42)19-28(32)50-36(38)23-10-14-25(41)15-11-23/h1-19,29,33,35,37,39-43,46,48H,20H2/b16-8+,17-9+/t29?,33-,35?,37?,39+/m1/s1. The van der Waals surface area contributed by atoms with E-state index >= 15 is 0 Å². The number of rotatable bonds is 10. The number of carbonyl (C=O) groups is 2. The molecule has 14 heteroatoms. The fourth-order valence-electron chi connectivity index (χ4n) is 5.43. The molecule has 3 unspecified atom stereocenters. The number of aromatic hydroxyl groups is 4. The molecule has 1 saturated heterocycles. The van der Waals surface area contributed by atoms with Gasteiger partial charge in [-0.2, -0.15) is 0 Å². The Kier molecular flexibility index (Phi) is 10.7. The highest BCUT2D eigenvalue weighted by atomic mass is 16.7. The fraction of sp³-hybridized carbons (Fsp3) is 0.154. The smallest absolute Gasteiger partial charge is 0.331 e. The van der Waals surface area contributed by atoms with Gasteiger partial charge in [-0.05, 0) is 59.7 Å². The molecule has 6 rings (SSSR count). The number of benzene rings is 4. The number of hydrogen-bond acceptors (Lipinski definition) is 14. The number of hydrogen-bond donors (Lipinski definition) is 6. The van der Waals surface area contributed by atoms with Crippen LogP contribution in [0, 0.1) is 0 Å². The summed E-state index contributed by atoms with van der Waals surface area (Å²) in [6, 6.07) is 22.1. The predicted octanol–water partition coefficient (Wildman–Crippen LogP) is 3.99. The summed E-state index contributed by atoms with van der Waals surface area (Å²) in [5, 5.41) is 62.2.